The lowest BCUT2D eigenvalue weighted by Gasteiger charge is -2.44. The van der Waals surface area contributed by atoms with E-state index in [2.05, 4.69) is 244 Å². The Hall–Kier alpha value is -6.64. The molecule has 0 radical (unpaired) electrons. The molecule has 2 aliphatic rings. The molecule has 2 aliphatic carbocycles. The molecular weight excluding hydrogens is 749 g/mol. The van der Waals surface area contributed by atoms with Crippen molar-refractivity contribution in [3.8, 4) is 22.3 Å². The van der Waals surface area contributed by atoms with Crippen molar-refractivity contribution in [2.24, 2.45) is 11.8 Å². The lowest BCUT2D eigenvalue weighted by atomic mass is 9.60. The fraction of sp³-hybridized carbons (Fsp3) is 0.200. The number of nitrogens with zero attached hydrogens (tertiary/aromatic N) is 2. The van der Waals surface area contributed by atoms with E-state index in [0.29, 0.717) is 11.8 Å². The first-order valence-electron chi connectivity index (χ1n) is 22.6. The molecule has 8 aromatic rings. The molecule has 0 saturated heterocycles. The third-order valence-corrected chi connectivity index (χ3v) is 14.2. The Morgan fingerprint density at radius 3 is 1.56 bits per heavy atom. The Morgan fingerprint density at radius 1 is 0.452 bits per heavy atom. The van der Waals surface area contributed by atoms with Gasteiger partial charge in [0, 0.05) is 44.8 Å². The number of hydrogen-bond acceptors (Lipinski definition) is 2. The van der Waals surface area contributed by atoms with Crippen molar-refractivity contribution in [3.05, 3.63) is 229 Å². The number of fused-ring (bicyclic) bond motifs is 3. The number of benzene rings is 8. The highest BCUT2D eigenvalue weighted by atomic mass is 15.1. The summed E-state index contributed by atoms with van der Waals surface area (Å²) >= 11 is 0. The van der Waals surface area contributed by atoms with Crippen molar-refractivity contribution >= 4 is 34.1 Å². The maximum Gasteiger partial charge on any atom is 0.0540 e. The van der Waals surface area contributed by atoms with Crippen LogP contribution in [0.15, 0.2) is 206 Å². The van der Waals surface area contributed by atoms with Crippen molar-refractivity contribution in [1.82, 2.24) is 0 Å². The van der Waals surface area contributed by atoms with Crippen molar-refractivity contribution in [1.29, 1.82) is 0 Å². The van der Waals surface area contributed by atoms with E-state index < -0.39 is 0 Å². The van der Waals surface area contributed by atoms with Crippen LogP contribution in [0.25, 0.3) is 22.3 Å². The fourth-order valence-corrected chi connectivity index (χ4v) is 10.8. The Balaban J connectivity index is 1.05. The molecular formula is C60H56N2. The summed E-state index contributed by atoms with van der Waals surface area (Å²) in [5, 5.41) is 0. The van der Waals surface area contributed by atoms with Crippen molar-refractivity contribution < 1.29 is 0 Å². The predicted molar refractivity (Wildman–Crippen MR) is 263 cm³/mol. The van der Waals surface area contributed by atoms with Gasteiger partial charge in [-0.15, -0.1) is 0 Å². The standard InChI is InChI=1S/C60H56N2/c1-43(2)45-21-18-40-60(42-45,47-32-36-51(37-33-47)62(49-24-12-7-13-25-49)58-29-17-15-26-53(58)44-19-8-5-9-20-44)46-30-34-50(35-31-46)61(48-22-10-6-11-23-48)52-38-39-55-54-27-14-16-28-56(54)59(3,4)57(55)41-52/h5-17,19-20,22-39,41,43,45H,18,21,40,42H2,1-4H3. The van der Waals surface area contributed by atoms with E-state index in [1.807, 2.05) is 0 Å². The molecule has 8 aromatic carbocycles. The first kappa shape index (κ1) is 39.5. The Morgan fingerprint density at radius 2 is 0.935 bits per heavy atom. The summed E-state index contributed by atoms with van der Waals surface area (Å²) in [7, 11) is 0. The van der Waals surface area contributed by atoms with Crippen LogP contribution in [0.2, 0.25) is 0 Å². The zero-order chi connectivity index (χ0) is 42.3. The van der Waals surface area contributed by atoms with Crippen LogP contribution in [0.4, 0.5) is 34.1 Å². The third-order valence-electron chi connectivity index (χ3n) is 14.2. The molecule has 306 valence electrons. The van der Waals surface area contributed by atoms with Crippen LogP contribution in [0.5, 0.6) is 0 Å². The van der Waals surface area contributed by atoms with Gasteiger partial charge < -0.3 is 9.80 Å². The van der Waals surface area contributed by atoms with Crippen LogP contribution in [-0.2, 0) is 10.8 Å². The van der Waals surface area contributed by atoms with Gasteiger partial charge >= 0.3 is 0 Å². The summed E-state index contributed by atoms with van der Waals surface area (Å²) < 4.78 is 0. The van der Waals surface area contributed by atoms with Gasteiger partial charge in [0.1, 0.15) is 0 Å². The largest absolute Gasteiger partial charge is 0.310 e. The van der Waals surface area contributed by atoms with Crippen LogP contribution in [0.3, 0.4) is 0 Å². The average molecular weight is 805 g/mol. The smallest absolute Gasteiger partial charge is 0.0540 e. The molecule has 0 bridgehead atoms. The molecule has 0 aliphatic heterocycles. The number of hydrogen-bond donors (Lipinski definition) is 0. The first-order valence-corrected chi connectivity index (χ1v) is 22.6. The van der Waals surface area contributed by atoms with Crippen LogP contribution in [0.1, 0.15) is 75.6 Å². The molecule has 1 fully saturated rings. The van der Waals surface area contributed by atoms with Gasteiger partial charge in [-0.05, 0) is 130 Å². The molecule has 0 amide bonds. The SMILES string of the molecule is CC(C)C1CCCC(c2ccc(N(c3ccccc3)c3ccc4c(c3)C(C)(C)c3ccccc3-4)cc2)(c2ccc(N(c3ccccc3)c3ccccc3-c3ccccc3)cc2)C1. The summed E-state index contributed by atoms with van der Waals surface area (Å²) in [5.41, 5.74) is 17.5. The Labute approximate surface area is 369 Å². The van der Waals surface area contributed by atoms with E-state index in [4.69, 9.17) is 0 Å². The number of rotatable bonds is 10. The van der Waals surface area contributed by atoms with Gasteiger partial charge in [0.2, 0.25) is 0 Å². The van der Waals surface area contributed by atoms with Gasteiger partial charge in [0.15, 0.2) is 0 Å². The molecule has 0 heterocycles. The molecule has 62 heavy (non-hydrogen) atoms. The molecule has 2 heteroatoms. The maximum absolute atomic E-state index is 2.45. The van der Waals surface area contributed by atoms with Gasteiger partial charge in [-0.3, -0.25) is 0 Å². The average Bonchev–Trinajstić information content (AvgIpc) is 3.56. The normalized spacial score (nSPS) is 17.6. The lowest BCUT2D eigenvalue weighted by Crippen LogP contribution is -2.36. The molecule has 0 spiro atoms. The van der Waals surface area contributed by atoms with E-state index in [1.165, 1.54) is 74.4 Å². The van der Waals surface area contributed by atoms with Crippen molar-refractivity contribution in [2.45, 2.75) is 64.2 Å². The topological polar surface area (TPSA) is 6.48 Å². The highest BCUT2D eigenvalue weighted by Gasteiger charge is 2.41. The summed E-state index contributed by atoms with van der Waals surface area (Å²) in [4.78, 5) is 4.86. The molecule has 2 unspecified atom stereocenters. The van der Waals surface area contributed by atoms with Gasteiger partial charge in [-0.25, -0.2) is 0 Å². The zero-order valence-electron chi connectivity index (χ0n) is 36.5. The van der Waals surface area contributed by atoms with Gasteiger partial charge in [-0.1, -0.05) is 180 Å². The Kier molecular flexibility index (Phi) is 10.4. The predicted octanol–water partition coefficient (Wildman–Crippen LogP) is 16.7. The van der Waals surface area contributed by atoms with E-state index in [9.17, 15) is 0 Å². The zero-order valence-corrected chi connectivity index (χ0v) is 36.5. The van der Waals surface area contributed by atoms with Crippen LogP contribution >= 0.6 is 0 Å². The second kappa shape index (κ2) is 16.3. The molecule has 10 rings (SSSR count). The maximum atomic E-state index is 2.45. The van der Waals surface area contributed by atoms with Gasteiger partial charge in [-0.2, -0.15) is 0 Å². The summed E-state index contributed by atoms with van der Waals surface area (Å²) in [6.07, 6.45) is 4.78. The van der Waals surface area contributed by atoms with E-state index in [-0.39, 0.29) is 10.8 Å². The van der Waals surface area contributed by atoms with Crippen molar-refractivity contribution in [3.63, 3.8) is 0 Å². The quantitative estimate of drug-likeness (QED) is 0.136. The number of anilines is 6. The third kappa shape index (κ3) is 7.02. The summed E-state index contributed by atoms with van der Waals surface area (Å²) in [6.45, 7) is 9.57. The van der Waals surface area contributed by atoms with Gasteiger partial charge in [0.25, 0.3) is 0 Å². The monoisotopic (exact) mass is 804 g/mol. The second-order valence-corrected chi connectivity index (χ2v) is 18.4. The van der Waals surface area contributed by atoms with Gasteiger partial charge in [0.05, 0.1) is 5.69 Å². The highest BCUT2D eigenvalue weighted by Crippen LogP contribution is 2.52. The molecule has 2 nitrogen and oxygen atoms in total. The summed E-state index contributed by atoms with van der Waals surface area (Å²) in [6, 6.07) is 76.5. The van der Waals surface area contributed by atoms with Crippen LogP contribution in [-0.4, -0.2) is 0 Å². The molecule has 1 saturated carbocycles. The van der Waals surface area contributed by atoms with E-state index in [1.54, 1.807) is 0 Å². The highest BCUT2D eigenvalue weighted by molar-refractivity contribution is 5.88. The minimum atomic E-state index is -0.0925. The summed E-state index contributed by atoms with van der Waals surface area (Å²) in [5.74, 6) is 1.28. The Bertz CT molecular complexity index is 2790. The van der Waals surface area contributed by atoms with Crippen LogP contribution in [0, 0.1) is 11.8 Å². The fourth-order valence-electron chi connectivity index (χ4n) is 10.8. The van der Waals surface area contributed by atoms with Crippen molar-refractivity contribution in [2.75, 3.05) is 9.80 Å². The minimum absolute atomic E-state index is 0.0760. The molecule has 0 N–H and O–H groups in total. The second-order valence-electron chi connectivity index (χ2n) is 18.4. The lowest BCUT2D eigenvalue weighted by molar-refractivity contribution is 0.207. The van der Waals surface area contributed by atoms with Crippen LogP contribution < -0.4 is 9.80 Å². The first-order chi connectivity index (χ1) is 30.3. The van der Waals surface area contributed by atoms with E-state index in [0.717, 1.165) is 29.9 Å². The van der Waals surface area contributed by atoms with E-state index >= 15 is 0 Å². The molecule has 0 aromatic heterocycles. The molecule has 2 atom stereocenters. The minimum Gasteiger partial charge on any atom is -0.310 e. The number of para-hydroxylation sites is 3.